The number of pyridine rings is 1. The minimum atomic E-state index is -0.424. The lowest BCUT2D eigenvalue weighted by atomic mass is 10.2. The van der Waals surface area contributed by atoms with E-state index in [1.807, 2.05) is 12.2 Å². The van der Waals surface area contributed by atoms with Crippen molar-refractivity contribution in [1.82, 2.24) is 9.97 Å². The number of H-pyrrole nitrogens is 1. The van der Waals surface area contributed by atoms with Gasteiger partial charge in [0.2, 0.25) is 0 Å². The van der Waals surface area contributed by atoms with Gasteiger partial charge in [-0.1, -0.05) is 12.2 Å². The summed E-state index contributed by atoms with van der Waals surface area (Å²) in [6.45, 7) is 0. The molecule has 2 rings (SSSR count). The van der Waals surface area contributed by atoms with E-state index in [2.05, 4.69) is 9.97 Å². The number of aromatic amines is 1. The van der Waals surface area contributed by atoms with Crippen LogP contribution < -0.4 is 0 Å². The Morgan fingerprint density at radius 2 is 2.41 bits per heavy atom. The molecule has 17 heavy (non-hydrogen) atoms. The van der Waals surface area contributed by atoms with E-state index in [9.17, 15) is 10.1 Å². The van der Waals surface area contributed by atoms with Crippen LogP contribution in [-0.2, 0) is 0 Å². The van der Waals surface area contributed by atoms with Crippen molar-refractivity contribution in [2.24, 2.45) is 0 Å². The van der Waals surface area contributed by atoms with Gasteiger partial charge in [0.05, 0.1) is 16.5 Å². The van der Waals surface area contributed by atoms with Crippen molar-refractivity contribution in [2.45, 2.75) is 6.42 Å². The van der Waals surface area contributed by atoms with Crippen LogP contribution >= 0.6 is 11.6 Å². The van der Waals surface area contributed by atoms with Gasteiger partial charge in [-0.05, 0) is 18.1 Å². The number of nitrogens with one attached hydrogen (secondary N) is 1. The molecule has 0 aliphatic heterocycles. The number of nitrogens with zero attached hydrogens (tertiary/aromatic N) is 2. The summed E-state index contributed by atoms with van der Waals surface area (Å²) >= 11 is 5.55. The number of hydrogen-bond donors (Lipinski definition) is 1. The van der Waals surface area contributed by atoms with E-state index in [0.29, 0.717) is 16.9 Å². The minimum Gasteiger partial charge on any atom is -0.340 e. The van der Waals surface area contributed by atoms with Crippen LogP contribution in [0.15, 0.2) is 24.5 Å². The minimum absolute atomic E-state index is 0.0418. The van der Waals surface area contributed by atoms with Gasteiger partial charge in [0, 0.05) is 12.1 Å². The second-order valence-corrected chi connectivity index (χ2v) is 3.85. The number of rotatable bonds is 4. The molecule has 0 fully saturated rings. The Bertz CT molecular complexity index is 577. The summed E-state index contributed by atoms with van der Waals surface area (Å²) in [6.07, 6.45) is 7.53. The quantitative estimate of drug-likeness (QED) is 0.515. The Labute approximate surface area is 102 Å². The predicted molar refractivity (Wildman–Crippen MR) is 67.1 cm³/mol. The molecule has 0 aromatic carbocycles. The molecular formula is C11H10ClN3O2. The molecule has 0 spiro atoms. The van der Waals surface area contributed by atoms with E-state index < -0.39 is 4.92 Å². The average Bonchev–Trinajstić information content (AvgIpc) is 2.72. The van der Waals surface area contributed by atoms with E-state index in [1.165, 1.54) is 6.20 Å². The standard InChI is InChI=1S/C11H10ClN3O2/c12-4-2-1-3-8-5-9-10(15(16)17)7-14-11(9)13-6-8/h1,3,5-7H,2,4H2,(H,13,14). The molecule has 0 saturated carbocycles. The first-order valence-electron chi connectivity index (χ1n) is 5.06. The van der Waals surface area contributed by atoms with Crippen LogP contribution in [0.5, 0.6) is 0 Å². The molecule has 0 aliphatic rings. The second kappa shape index (κ2) is 4.97. The number of aromatic nitrogens is 2. The summed E-state index contributed by atoms with van der Waals surface area (Å²) in [5.74, 6) is 0.552. The van der Waals surface area contributed by atoms with Crippen molar-refractivity contribution >= 4 is 34.4 Å². The van der Waals surface area contributed by atoms with Gasteiger partial charge in [0.25, 0.3) is 5.69 Å². The molecule has 0 amide bonds. The maximum atomic E-state index is 10.8. The van der Waals surface area contributed by atoms with Gasteiger partial charge in [-0.2, -0.15) is 0 Å². The maximum Gasteiger partial charge on any atom is 0.296 e. The topological polar surface area (TPSA) is 71.8 Å². The van der Waals surface area contributed by atoms with Crippen LogP contribution in [-0.4, -0.2) is 20.8 Å². The number of alkyl halides is 1. The number of halogens is 1. The van der Waals surface area contributed by atoms with E-state index in [0.717, 1.165) is 12.0 Å². The van der Waals surface area contributed by atoms with Crippen molar-refractivity contribution in [3.05, 3.63) is 40.2 Å². The van der Waals surface area contributed by atoms with Crippen LogP contribution in [0, 0.1) is 10.1 Å². The summed E-state index contributed by atoms with van der Waals surface area (Å²) in [5.41, 5.74) is 1.39. The highest BCUT2D eigenvalue weighted by Crippen LogP contribution is 2.24. The number of hydrogen-bond acceptors (Lipinski definition) is 3. The van der Waals surface area contributed by atoms with Crippen LogP contribution in [0.4, 0.5) is 5.69 Å². The molecule has 1 N–H and O–H groups in total. The highest BCUT2D eigenvalue weighted by atomic mass is 35.5. The summed E-state index contributed by atoms with van der Waals surface area (Å²) < 4.78 is 0. The van der Waals surface area contributed by atoms with Gasteiger partial charge >= 0.3 is 0 Å². The molecule has 0 bridgehead atoms. The monoisotopic (exact) mass is 251 g/mol. The van der Waals surface area contributed by atoms with Crippen molar-refractivity contribution in [3.8, 4) is 0 Å². The smallest absolute Gasteiger partial charge is 0.296 e. The Morgan fingerprint density at radius 1 is 1.59 bits per heavy atom. The molecule has 2 heterocycles. The first-order chi connectivity index (χ1) is 8.22. The Morgan fingerprint density at radius 3 is 3.12 bits per heavy atom. The molecule has 0 saturated heterocycles. The molecule has 2 aromatic rings. The lowest BCUT2D eigenvalue weighted by molar-refractivity contribution is -0.383. The highest BCUT2D eigenvalue weighted by Gasteiger charge is 2.14. The summed E-state index contributed by atoms with van der Waals surface area (Å²) in [7, 11) is 0. The van der Waals surface area contributed by atoms with E-state index in [-0.39, 0.29) is 5.69 Å². The fraction of sp³-hybridized carbons (Fsp3) is 0.182. The first-order valence-corrected chi connectivity index (χ1v) is 5.60. The van der Waals surface area contributed by atoms with Gasteiger partial charge in [0.1, 0.15) is 5.65 Å². The number of fused-ring (bicyclic) bond motifs is 1. The molecule has 0 atom stereocenters. The van der Waals surface area contributed by atoms with Crippen molar-refractivity contribution < 1.29 is 4.92 Å². The van der Waals surface area contributed by atoms with E-state index in [4.69, 9.17) is 11.6 Å². The zero-order chi connectivity index (χ0) is 12.3. The van der Waals surface area contributed by atoms with Crippen LogP contribution in [0.2, 0.25) is 0 Å². The summed E-state index contributed by atoms with van der Waals surface area (Å²) in [5, 5.41) is 11.3. The molecular weight excluding hydrogens is 242 g/mol. The zero-order valence-corrected chi connectivity index (χ0v) is 9.65. The fourth-order valence-electron chi connectivity index (χ4n) is 1.53. The summed E-state index contributed by atoms with van der Waals surface area (Å²) in [6, 6.07) is 1.74. The Hall–Kier alpha value is -1.88. The van der Waals surface area contributed by atoms with Crippen LogP contribution in [0.1, 0.15) is 12.0 Å². The summed E-state index contributed by atoms with van der Waals surface area (Å²) in [4.78, 5) is 17.2. The third-order valence-electron chi connectivity index (χ3n) is 2.31. The van der Waals surface area contributed by atoms with Crippen molar-refractivity contribution in [1.29, 1.82) is 0 Å². The largest absolute Gasteiger partial charge is 0.340 e. The lowest BCUT2D eigenvalue weighted by Gasteiger charge is -1.94. The molecule has 0 aliphatic carbocycles. The van der Waals surface area contributed by atoms with Gasteiger partial charge < -0.3 is 4.98 Å². The molecule has 0 radical (unpaired) electrons. The molecule has 2 aromatic heterocycles. The Balaban J connectivity index is 2.41. The number of allylic oxidation sites excluding steroid dienone is 1. The zero-order valence-electron chi connectivity index (χ0n) is 8.89. The van der Waals surface area contributed by atoms with Crippen LogP contribution in [0.25, 0.3) is 17.1 Å². The fourth-order valence-corrected chi connectivity index (χ4v) is 1.66. The van der Waals surface area contributed by atoms with Gasteiger partial charge in [-0.25, -0.2) is 4.98 Å². The third kappa shape index (κ3) is 2.45. The normalized spacial score (nSPS) is 11.4. The van der Waals surface area contributed by atoms with Crippen molar-refractivity contribution in [2.75, 3.05) is 5.88 Å². The average molecular weight is 252 g/mol. The van der Waals surface area contributed by atoms with Gasteiger partial charge in [-0.15, -0.1) is 11.6 Å². The van der Waals surface area contributed by atoms with Crippen LogP contribution in [0.3, 0.4) is 0 Å². The van der Waals surface area contributed by atoms with Gasteiger partial charge in [0.15, 0.2) is 0 Å². The van der Waals surface area contributed by atoms with E-state index >= 15 is 0 Å². The molecule has 0 unspecified atom stereocenters. The van der Waals surface area contributed by atoms with Gasteiger partial charge in [-0.3, -0.25) is 10.1 Å². The van der Waals surface area contributed by atoms with Crippen molar-refractivity contribution in [3.63, 3.8) is 0 Å². The maximum absolute atomic E-state index is 10.8. The lowest BCUT2D eigenvalue weighted by Crippen LogP contribution is -1.86. The second-order valence-electron chi connectivity index (χ2n) is 3.48. The molecule has 6 heteroatoms. The molecule has 88 valence electrons. The third-order valence-corrected chi connectivity index (χ3v) is 2.53. The molecule has 5 nitrogen and oxygen atoms in total. The number of nitro groups is 1. The van der Waals surface area contributed by atoms with E-state index in [1.54, 1.807) is 12.3 Å². The first kappa shape index (κ1) is 11.6. The Kier molecular flexibility index (Phi) is 3.39. The highest BCUT2D eigenvalue weighted by molar-refractivity contribution is 6.17. The predicted octanol–water partition coefficient (Wildman–Crippen LogP) is 3.11. The SMILES string of the molecule is O=[N+]([O-])c1c[nH]c2ncc(C=CCCCl)cc12.